The molecule has 0 saturated heterocycles. The molecule has 0 aromatic carbocycles. The second kappa shape index (κ2) is 3.71. The average molecular weight is 211 g/mol. The molecule has 14 heavy (non-hydrogen) atoms. The van der Waals surface area contributed by atoms with E-state index in [1.165, 1.54) is 9.78 Å². The van der Waals surface area contributed by atoms with Crippen LogP contribution >= 0.6 is 11.3 Å². The van der Waals surface area contributed by atoms with Crippen molar-refractivity contribution < 1.29 is 14.8 Å². The van der Waals surface area contributed by atoms with Gasteiger partial charge in [0.05, 0.1) is 23.9 Å². The van der Waals surface area contributed by atoms with Crippen molar-refractivity contribution in [1.29, 1.82) is 0 Å². The molecule has 1 unspecified atom stereocenters. The largest absolute Gasteiger partial charge is 0.545 e. The first-order valence-corrected chi connectivity index (χ1v) is 5.74. The molecular formula is C10H13NO2S. The zero-order chi connectivity index (χ0) is 10.1. The van der Waals surface area contributed by atoms with E-state index in [0.29, 0.717) is 5.56 Å². The van der Waals surface area contributed by atoms with Crippen molar-refractivity contribution >= 4 is 17.3 Å². The Bertz CT molecular complexity index is 359. The molecule has 0 bridgehead atoms. The number of aromatic carboxylic acids is 1. The molecule has 0 amide bonds. The van der Waals surface area contributed by atoms with E-state index in [9.17, 15) is 9.90 Å². The van der Waals surface area contributed by atoms with Gasteiger partial charge in [-0.2, -0.15) is 0 Å². The fraction of sp³-hybridized carbons (Fsp3) is 0.500. The highest BCUT2D eigenvalue weighted by Gasteiger charge is 2.22. The molecule has 0 spiro atoms. The van der Waals surface area contributed by atoms with Crippen molar-refractivity contribution in [2.75, 3.05) is 13.1 Å². The number of likely N-dealkylation sites (N-methyl/N-ethyl adjacent to an activating group) is 1. The zero-order valence-electron chi connectivity index (χ0n) is 8.13. The molecule has 76 valence electrons. The van der Waals surface area contributed by atoms with Crippen molar-refractivity contribution in [3.8, 4) is 0 Å². The van der Waals surface area contributed by atoms with Crippen LogP contribution in [0.15, 0.2) is 5.38 Å². The molecule has 1 aromatic heterocycles. The molecule has 2 heterocycles. The Morgan fingerprint density at radius 3 is 3.14 bits per heavy atom. The summed E-state index contributed by atoms with van der Waals surface area (Å²) in [7, 11) is 0. The Morgan fingerprint density at radius 1 is 1.71 bits per heavy atom. The number of carbonyl (C=O) groups excluding carboxylic acids is 1. The number of quaternary nitrogens is 1. The molecule has 3 nitrogen and oxygen atoms in total. The highest BCUT2D eigenvalue weighted by Crippen LogP contribution is 2.23. The maximum Gasteiger partial charge on any atom is 0.112 e. The summed E-state index contributed by atoms with van der Waals surface area (Å²) in [6, 6.07) is 0. The van der Waals surface area contributed by atoms with Gasteiger partial charge in [-0.15, -0.1) is 11.3 Å². The quantitative estimate of drug-likeness (QED) is 0.687. The number of nitrogens with one attached hydrogen (secondary N) is 1. The number of carboxylic acid groups (broad SMARTS) is 1. The van der Waals surface area contributed by atoms with Gasteiger partial charge >= 0.3 is 0 Å². The number of carboxylic acids is 1. The summed E-state index contributed by atoms with van der Waals surface area (Å²) in [5.41, 5.74) is 1.44. The highest BCUT2D eigenvalue weighted by atomic mass is 32.1. The van der Waals surface area contributed by atoms with Crippen LogP contribution in [0.25, 0.3) is 0 Å². The number of hydrogen-bond acceptors (Lipinski definition) is 3. The van der Waals surface area contributed by atoms with Gasteiger partial charge in [0.1, 0.15) is 6.54 Å². The van der Waals surface area contributed by atoms with Gasteiger partial charge < -0.3 is 14.8 Å². The minimum Gasteiger partial charge on any atom is -0.545 e. The molecule has 1 aromatic rings. The SMILES string of the molecule is CC[NH+]1CCc2c(C(=O)[O-])csc2C1. The first-order chi connectivity index (χ1) is 6.72. The molecule has 4 heteroatoms. The van der Waals surface area contributed by atoms with Crippen LogP contribution < -0.4 is 10.0 Å². The van der Waals surface area contributed by atoms with E-state index in [-0.39, 0.29) is 0 Å². The van der Waals surface area contributed by atoms with Crippen LogP contribution in [0.4, 0.5) is 0 Å². The van der Waals surface area contributed by atoms with Crippen LogP contribution in [0.3, 0.4) is 0 Å². The summed E-state index contributed by atoms with van der Waals surface area (Å²) in [6.45, 7) is 5.29. The van der Waals surface area contributed by atoms with Gasteiger partial charge in [-0.25, -0.2) is 0 Å². The monoisotopic (exact) mass is 211 g/mol. The Labute approximate surface area is 87.0 Å². The number of fused-ring (bicyclic) bond motifs is 1. The van der Waals surface area contributed by atoms with E-state index in [1.807, 2.05) is 0 Å². The topological polar surface area (TPSA) is 44.6 Å². The van der Waals surface area contributed by atoms with E-state index >= 15 is 0 Å². The number of carbonyl (C=O) groups is 1. The van der Waals surface area contributed by atoms with Crippen molar-refractivity contribution in [2.45, 2.75) is 19.9 Å². The third kappa shape index (κ3) is 1.55. The number of rotatable bonds is 2. The molecule has 0 aliphatic carbocycles. The van der Waals surface area contributed by atoms with Crippen LogP contribution in [0.2, 0.25) is 0 Å². The van der Waals surface area contributed by atoms with Crippen LogP contribution in [0.1, 0.15) is 27.7 Å². The van der Waals surface area contributed by atoms with Gasteiger partial charge in [0.15, 0.2) is 0 Å². The number of thiophene rings is 1. The van der Waals surface area contributed by atoms with E-state index in [4.69, 9.17) is 0 Å². The van der Waals surface area contributed by atoms with E-state index in [2.05, 4.69) is 6.92 Å². The minimum atomic E-state index is -1.03. The number of hydrogen-bond donors (Lipinski definition) is 1. The lowest BCUT2D eigenvalue weighted by Gasteiger charge is -2.23. The summed E-state index contributed by atoms with van der Waals surface area (Å²) in [5.74, 6) is -1.03. The van der Waals surface area contributed by atoms with Gasteiger partial charge in [-0.3, -0.25) is 0 Å². The smallest absolute Gasteiger partial charge is 0.112 e. The van der Waals surface area contributed by atoms with Crippen LogP contribution in [-0.2, 0) is 13.0 Å². The first kappa shape index (κ1) is 9.68. The standard InChI is InChI=1S/C10H13NO2S/c1-2-11-4-3-7-8(10(12)13)6-14-9(7)5-11/h6H,2-5H2,1H3,(H,12,13). The molecule has 1 aliphatic heterocycles. The Balaban J connectivity index is 2.29. The second-order valence-electron chi connectivity index (χ2n) is 3.62. The predicted molar refractivity (Wildman–Crippen MR) is 52.4 cm³/mol. The van der Waals surface area contributed by atoms with Crippen molar-refractivity contribution in [3.63, 3.8) is 0 Å². The normalized spacial score (nSPS) is 20.5. The highest BCUT2D eigenvalue weighted by molar-refractivity contribution is 7.10. The first-order valence-electron chi connectivity index (χ1n) is 4.86. The maximum atomic E-state index is 10.8. The van der Waals surface area contributed by atoms with Gasteiger partial charge in [-0.1, -0.05) is 0 Å². The molecule has 0 radical (unpaired) electrons. The van der Waals surface area contributed by atoms with Crippen molar-refractivity contribution in [2.24, 2.45) is 0 Å². The molecule has 1 atom stereocenters. The van der Waals surface area contributed by atoms with Crippen molar-refractivity contribution in [3.05, 3.63) is 21.4 Å². The second-order valence-corrected chi connectivity index (χ2v) is 4.58. The molecule has 0 fully saturated rings. The fourth-order valence-corrected chi connectivity index (χ4v) is 3.08. The summed E-state index contributed by atoms with van der Waals surface area (Å²) < 4.78 is 0. The van der Waals surface area contributed by atoms with E-state index in [1.54, 1.807) is 16.7 Å². The molecule has 2 rings (SSSR count). The predicted octanol–water partition coefficient (Wildman–Crippen LogP) is -0.927. The Kier molecular flexibility index (Phi) is 2.56. The van der Waals surface area contributed by atoms with Gasteiger partial charge in [0.2, 0.25) is 0 Å². The maximum absolute atomic E-state index is 10.8. The fourth-order valence-electron chi connectivity index (χ4n) is 1.94. The van der Waals surface area contributed by atoms with Crippen LogP contribution in [0.5, 0.6) is 0 Å². The lowest BCUT2D eigenvalue weighted by molar-refractivity contribution is -0.913. The summed E-state index contributed by atoms with van der Waals surface area (Å²) >= 11 is 1.56. The lowest BCUT2D eigenvalue weighted by atomic mass is 10.0. The molecular weight excluding hydrogens is 198 g/mol. The van der Waals surface area contributed by atoms with E-state index in [0.717, 1.165) is 31.6 Å². The average Bonchev–Trinajstić information content (AvgIpc) is 2.59. The van der Waals surface area contributed by atoms with Crippen LogP contribution in [-0.4, -0.2) is 19.1 Å². The van der Waals surface area contributed by atoms with E-state index < -0.39 is 5.97 Å². The summed E-state index contributed by atoms with van der Waals surface area (Å²) in [6.07, 6.45) is 0.880. The molecule has 1 aliphatic rings. The Morgan fingerprint density at radius 2 is 2.50 bits per heavy atom. The molecule has 0 saturated carbocycles. The third-order valence-electron chi connectivity index (χ3n) is 2.84. The lowest BCUT2D eigenvalue weighted by Crippen LogP contribution is -3.11. The van der Waals surface area contributed by atoms with Gasteiger partial charge in [-0.05, 0) is 12.5 Å². The van der Waals surface area contributed by atoms with Crippen molar-refractivity contribution in [1.82, 2.24) is 0 Å². The summed E-state index contributed by atoms with van der Waals surface area (Å²) in [5, 5.41) is 12.5. The minimum absolute atomic E-state index is 0.417. The van der Waals surface area contributed by atoms with Crippen LogP contribution in [0, 0.1) is 0 Å². The summed E-state index contributed by atoms with van der Waals surface area (Å²) in [4.78, 5) is 13.5. The Hall–Kier alpha value is -0.870. The molecule has 1 N–H and O–H groups in total. The zero-order valence-corrected chi connectivity index (χ0v) is 8.95. The van der Waals surface area contributed by atoms with Gasteiger partial charge in [0.25, 0.3) is 0 Å². The van der Waals surface area contributed by atoms with Gasteiger partial charge in [0, 0.05) is 17.4 Å². The third-order valence-corrected chi connectivity index (χ3v) is 3.87.